The van der Waals surface area contributed by atoms with Crippen molar-refractivity contribution in [1.29, 1.82) is 0 Å². The molecule has 0 saturated carbocycles. The molecular weight excluding hydrogens is 372 g/mol. The van der Waals surface area contributed by atoms with Crippen molar-refractivity contribution in [2.45, 2.75) is 82.8 Å². The quantitative estimate of drug-likeness (QED) is 0.123. The van der Waals surface area contributed by atoms with Gasteiger partial charge in [-0.3, -0.25) is 9.59 Å². The summed E-state index contributed by atoms with van der Waals surface area (Å²) in [6, 6.07) is -1.64. The van der Waals surface area contributed by atoms with Crippen LogP contribution in [0.4, 0.5) is 0 Å². The summed E-state index contributed by atoms with van der Waals surface area (Å²) in [6.07, 6.45) is 7.12. The van der Waals surface area contributed by atoms with E-state index in [2.05, 4.69) is 16.0 Å². The van der Waals surface area contributed by atoms with Crippen LogP contribution in [0.15, 0.2) is 0 Å². The van der Waals surface area contributed by atoms with Gasteiger partial charge in [-0.2, -0.15) is 0 Å². The Hall–Kier alpha value is -1.55. The van der Waals surface area contributed by atoms with Gasteiger partial charge in [0.25, 0.3) is 0 Å². The van der Waals surface area contributed by atoms with Gasteiger partial charge in [0, 0.05) is 0 Å². The van der Waals surface area contributed by atoms with Crippen molar-refractivity contribution in [3.8, 4) is 0 Å². The third-order valence-corrected chi connectivity index (χ3v) is 4.76. The summed E-state index contributed by atoms with van der Waals surface area (Å²) in [6.45, 7) is 4.25. The lowest BCUT2D eigenvalue weighted by Crippen LogP contribution is -2.54. The molecule has 0 unspecified atom stereocenters. The maximum Gasteiger partial charge on any atom is 0.243 e. The molecule has 0 rings (SSSR count). The monoisotopic (exact) mass is 414 g/mol. The first-order valence-electron chi connectivity index (χ1n) is 10.9. The van der Waals surface area contributed by atoms with Crippen LogP contribution in [0.25, 0.3) is 0 Å². The Morgan fingerprint density at radius 1 is 0.759 bits per heavy atom. The van der Waals surface area contributed by atoms with Crippen molar-refractivity contribution < 1.29 is 14.4 Å². The SMILES string of the molecule is CCN[C@@H](CCCCN)C(=O)N[C@@H](CCCCN)C(=O)N[C@H](C=O)CCCCN. The number of carbonyl (C=O) groups excluding carboxylic acids is 3. The largest absolute Gasteiger partial charge is 0.345 e. The van der Waals surface area contributed by atoms with Gasteiger partial charge in [0.15, 0.2) is 0 Å². The average Bonchev–Trinajstić information content (AvgIpc) is 2.71. The number of hydrogen-bond donors (Lipinski definition) is 6. The molecule has 0 aliphatic carbocycles. The van der Waals surface area contributed by atoms with Crippen LogP contribution in [0.3, 0.4) is 0 Å². The fourth-order valence-electron chi connectivity index (χ4n) is 3.07. The van der Waals surface area contributed by atoms with E-state index in [1.807, 2.05) is 6.92 Å². The first-order valence-corrected chi connectivity index (χ1v) is 10.9. The highest BCUT2D eigenvalue weighted by atomic mass is 16.2. The second-order valence-corrected chi connectivity index (χ2v) is 7.28. The van der Waals surface area contributed by atoms with Crippen molar-refractivity contribution in [3.63, 3.8) is 0 Å². The summed E-state index contributed by atoms with van der Waals surface area (Å²) < 4.78 is 0. The standard InChI is InChI=1S/C20H42N6O3/c1-2-24-17(10-4-7-13-22)19(28)26-18(11-5-8-14-23)20(29)25-16(15-27)9-3-6-12-21/h15-18,24H,2-14,21-23H2,1H3,(H,25,29)(H,26,28)/t16-,17-,18-/m0/s1. The van der Waals surface area contributed by atoms with Crippen molar-refractivity contribution in [2.24, 2.45) is 17.2 Å². The van der Waals surface area contributed by atoms with Crippen LogP contribution in [0.2, 0.25) is 0 Å². The fourth-order valence-corrected chi connectivity index (χ4v) is 3.07. The summed E-state index contributed by atoms with van der Waals surface area (Å²) in [5.74, 6) is -0.542. The number of carbonyl (C=O) groups is 3. The first-order chi connectivity index (χ1) is 14.0. The van der Waals surface area contributed by atoms with E-state index in [9.17, 15) is 14.4 Å². The molecule has 0 heterocycles. The number of likely N-dealkylation sites (N-methyl/N-ethyl adjacent to an activating group) is 1. The zero-order chi connectivity index (χ0) is 21.9. The highest BCUT2D eigenvalue weighted by molar-refractivity contribution is 5.90. The normalized spacial score (nSPS) is 14.1. The Morgan fingerprint density at radius 3 is 1.72 bits per heavy atom. The molecule has 0 fully saturated rings. The lowest BCUT2D eigenvalue weighted by Gasteiger charge is -2.24. The summed E-state index contributed by atoms with van der Waals surface area (Å²) in [7, 11) is 0. The second kappa shape index (κ2) is 18.5. The van der Waals surface area contributed by atoms with Crippen LogP contribution in [0.5, 0.6) is 0 Å². The van der Waals surface area contributed by atoms with Crippen LogP contribution >= 0.6 is 0 Å². The smallest absolute Gasteiger partial charge is 0.243 e. The predicted molar refractivity (Wildman–Crippen MR) is 116 cm³/mol. The van der Waals surface area contributed by atoms with E-state index in [1.165, 1.54) is 0 Å². The van der Waals surface area contributed by atoms with Gasteiger partial charge in [0.1, 0.15) is 12.3 Å². The molecule has 0 aromatic heterocycles. The highest BCUT2D eigenvalue weighted by Crippen LogP contribution is 2.06. The molecular formula is C20H42N6O3. The predicted octanol–water partition coefficient (Wildman–Crippen LogP) is -0.480. The van der Waals surface area contributed by atoms with Gasteiger partial charge in [0.05, 0.1) is 12.1 Å². The van der Waals surface area contributed by atoms with E-state index in [0.29, 0.717) is 51.9 Å². The van der Waals surface area contributed by atoms with Crippen molar-refractivity contribution in [3.05, 3.63) is 0 Å². The van der Waals surface area contributed by atoms with Crippen LogP contribution < -0.4 is 33.2 Å². The summed E-state index contributed by atoms with van der Waals surface area (Å²) in [5.41, 5.74) is 16.6. The molecule has 0 aromatic rings. The number of rotatable bonds is 19. The zero-order valence-electron chi connectivity index (χ0n) is 18.0. The molecule has 3 atom stereocenters. The van der Waals surface area contributed by atoms with Crippen molar-refractivity contribution in [2.75, 3.05) is 26.2 Å². The Labute approximate surface area is 175 Å². The van der Waals surface area contributed by atoms with E-state index in [1.54, 1.807) is 0 Å². The van der Waals surface area contributed by atoms with Crippen molar-refractivity contribution >= 4 is 18.1 Å². The minimum absolute atomic E-state index is 0.206. The molecule has 2 amide bonds. The van der Waals surface area contributed by atoms with E-state index in [-0.39, 0.29) is 17.9 Å². The minimum atomic E-state index is -0.693. The van der Waals surface area contributed by atoms with Gasteiger partial charge in [-0.25, -0.2) is 0 Å². The summed E-state index contributed by atoms with van der Waals surface area (Å²) in [4.78, 5) is 36.8. The Balaban J connectivity index is 4.94. The van der Waals surface area contributed by atoms with Gasteiger partial charge in [-0.05, 0) is 77.5 Å². The molecule has 9 N–H and O–H groups in total. The highest BCUT2D eigenvalue weighted by Gasteiger charge is 2.26. The van der Waals surface area contributed by atoms with Gasteiger partial charge in [-0.1, -0.05) is 13.3 Å². The van der Waals surface area contributed by atoms with Crippen LogP contribution in [-0.2, 0) is 14.4 Å². The molecule has 0 spiro atoms. The van der Waals surface area contributed by atoms with Crippen molar-refractivity contribution in [1.82, 2.24) is 16.0 Å². The molecule has 9 nitrogen and oxygen atoms in total. The fraction of sp³-hybridized carbons (Fsp3) is 0.850. The molecule has 0 saturated heterocycles. The number of unbranched alkanes of at least 4 members (excludes halogenated alkanes) is 3. The Kier molecular flexibility index (Phi) is 17.5. The number of aldehydes is 1. The molecule has 0 aromatic carbocycles. The van der Waals surface area contributed by atoms with E-state index in [4.69, 9.17) is 17.2 Å². The number of hydrogen-bond acceptors (Lipinski definition) is 7. The van der Waals surface area contributed by atoms with E-state index >= 15 is 0 Å². The van der Waals surface area contributed by atoms with Gasteiger partial charge >= 0.3 is 0 Å². The molecule has 170 valence electrons. The number of nitrogens with one attached hydrogen (secondary N) is 3. The Bertz CT molecular complexity index is 450. The summed E-state index contributed by atoms with van der Waals surface area (Å²) in [5, 5.41) is 8.78. The molecule has 0 aliphatic heterocycles. The van der Waals surface area contributed by atoms with Crippen LogP contribution in [0, 0.1) is 0 Å². The molecule has 9 heteroatoms. The van der Waals surface area contributed by atoms with Crippen LogP contribution in [0.1, 0.15) is 64.7 Å². The molecule has 29 heavy (non-hydrogen) atoms. The zero-order valence-corrected chi connectivity index (χ0v) is 18.0. The maximum absolute atomic E-state index is 12.7. The van der Waals surface area contributed by atoms with Crippen LogP contribution in [-0.4, -0.2) is 62.4 Å². The summed E-state index contributed by atoms with van der Waals surface area (Å²) >= 11 is 0. The lowest BCUT2D eigenvalue weighted by molar-refractivity contribution is -0.131. The van der Waals surface area contributed by atoms with E-state index in [0.717, 1.165) is 38.4 Å². The maximum atomic E-state index is 12.7. The van der Waals surface area contributed by atoms with E-state index < -0.39 is 12.1 Å². The average molecular weight is 415 g/mol. The second-order valence-electron chi connectivity index (χ2n) is 7.28. The van der Waals surface area contributed by atoms with Gasteiger partial charge < -0.3 is 37.9 Å². The van der Waals surface area contributed by atoms with Gasteiger partial charge in [0.2, 0.25) is 11.8 Å². The lowest BCUT2D eigenvalue weighted by atomic mass is 10.0. The molecule has 0 bridgehead atoms. The third kappa shape index (κ3) is 13.3. The molecule has 0 radical (unpaired) electrons. The number of amides is 2. The first kappa shape index (κ1) is 27.5. The molecule has 0 aliphatic rings. The minimum Gasteiger partial charge on any atom is -0.345 e. The topological polar surface area (TPSA) is 165 Å². The number of nitrogens with two attached hydrogens (primary N) is 3. The third-order valence-electron chi connectivity index (χ3n) is 4.76. The Morgan fingerprint density at radius 2 is 1.24 bits per heavy atom. The van der Waals surface area contributed by atoms with Gasteiger partial charge in [-0.15, -0.1) is 0 Å².